The molecular weight excluding hydrogens is 256 g/mol. The van der Waals surface area contributed by atoms with Crippen molar-refractivity contribution in [1.82, 2.24) is 10.1 Å². The molecule has 0 fully saturated rings. The summed E-state index contributed by atoms with van der Waals surface area (Å²) in [6.45, 7) is 2.92. The van der Waals surface area contributed by atoms with Crippen molar-refractivity contribution >= 4 is 5.69 Å². The van der Waals surface area contributed by atoms with E-state index in [0.29, 0.717) is 24.9 Å². The summed E-state index contributed by atoms with van der Waals surface area (Å²) in [4.78, 5) is 6.34. The Labute approximate surface area is 118 Å². The average molecular weight is 276 g/mol. The van der Waals surface area contributed by atoms with Crippen molar-refractivity contribution in [2.45, 2.75) is 13.0 Å². The lowest BCUT2D eigenvalue weighted by Crippen LogP contribution is -2.18. The highest BCUT2D eigenvalue weighted by atomic mass is 16.5. The number of aromatic nitrogens is 2. The highest BCUT2D eigenvalue weighted by Gasteiger charge is 2.15. The highest BCUT2D eigenvalue weighted by Crippen LogP contribution is 2.21. The van der Waals surface area contributed by atoms with Gasteiger partial charge in [0, 0.05) is 32.0 Å². The molecule has 0 saturated carbocycles. The zero-order valence-electron chi connectivity index (χ0n) is 12.0. The molecule has 2 N–H and O–H groups in total. The van der Waals surface area contributed by atoms with Crippen LogP contribution in [0.15, 0.2) is 28.8 Å². The molecule has 0 aliphatic rings. The first-order valence-electron chi connectivity index (χ1n) is 6.56. The van der Waals surface area contributed by atoms with Gasteiger partial charge in [-0.1, -0.05) is 5.16 Å². The first-order chi connectivity index (χ1) is 9.61. The highest BCUT2D eigenvalue weighted by molar-refractivity contribution is 5.58. The van der Waals surface area contributed by atoms with Crippen molar-refractivity contribution in [2.24, 2.45) is 5.73 Å². The van der Waals surface area contributed by atoms with Gasteiger partial charge < -0.3 is 19.9 Å². The summed E-state index contributed by atoms with van der Waals surface area (Å²) in [5.41, 5.74) is 7.91. The summed E-state index contributed by atoms with van der Waals surface area (Å²) in [5.74, 6) is 0.933. The number of hydrogen-bond donors (Lipinski definition) is 1. The lowest BCUT2D eigenvalue weighted by Gasteiger charge is -2.11. The molecule has 1 unspecified atom stereocenters. The van der Waals surface area contributed by atoms with E-state index in [1.54, 1.807) is 0 Å². The smallest absolute Gasteiger partial charge is 0.257 e. The van der Waals surface area contributed by atoms with Crippen molar-refractivity contribution in [3.8, 4) is 11.5 Å². The number of benzene rings is 1. The second-order valence-corrected chi connectivity index (χ2v) is 4.66. The van der Waals surface area contributed by atoms with E-state index >= 15 is 0 Å². The van der Waals surface area contributed by atoms with Gasteiger partial charge in [-0.05, 0) is 31.2 Å². The molecule has 2 aromatic rings. The first kappa shape index (κ1) is 14.5. The van der Waals surface area contributed by atoms with Crippen LogP contribution in [0.3, 0.4) is 0 Å². The van der Waals surface area contributed by atoms with Crippen LogP contribution in [0.5, 0.6) is 0 Å². The molecule has 1 atom stereocenters. The van der Waals surface area contributed by atoms with E-state index in [2.05, 4.69) is 10.1 Å². The van der Waals surface area contributed by atoms with Crippen molar-refractivity contribution < 1.29 is 9.26 Å². The Balaban J connectivity index is 2.11. The minimum Gasteiger partial charge on any atom is -0.380 e. The molecule has 1 aromatic carbocycles. The van der Waals surface area contributed by atoms with Crippen LogP contribution in [-0.2, 0) is 4.74 Å². The number of rotatable bonds is 6. The van der Waals surface area contributed by atoms with E-state index < -0.39 is 0 Å². The molecule has 6 nitrogen and oxygen atoms in total. The topological polar surface area (TPSA) is 77.4 Å². The van der Waals surface area contributed by atoms with Crippen LogP contribution in [-0.4, -0.2) is 37.4 Å². The van der Waals surface area contributed by atoms with E-state index in [1.165, 1.54) is 0 Å². The fourth-order valence-electron chi connectivity index (χ4n) is 1.72. The van der Waals surface area contributed by atoms with Gasteiger partial charge in [-0.2, -0.15) is 4.98 Å². The van der Waals surface area contributed by atoms with E-state index in [4.69, 9.17) is 15.0 Å². The van der Waals surface area contributed by atoms with Gasteiger partial charge in [-0.25, -0.2) is 0 Å². The molecular formula is C14H20N4O2. The van der Waals surface area contributed by atoms with E-state index in [9.17, 15) is 0 Å². The summed E-state index contributed by atoms with van der Waals surface area (Å²) in [6.07, 6.45) is 0. The third kappa shape index (κ3) is 3.34. The maximum absolute atomic E-state index is 5.92. The third-order valence-corrected chi connectivity index (χ3v) is 2.91. The van der Waals surface area contributed by atoms with Crippen LogP contribution in [0.1, 0.15) is 18.8 Å². The van der Waals surface area contributed by atoms with Gasteiger partial charge in [0.15, 0.2) is 5.82 Å². The molecule has 0 saturated heterocycles. The quantitative estimate of drug-likeness (QED) is 0.867. The van der Waals surface area contributed by atoms with Crippen LogP contribution in [0, 0.1) is 0 Å². The number of hydrogen-bond acceptors (Lipinski definition) is 6. The minimum absolute atomic E-state index is 0.367. The molecule has 1 heterocycles. The summed E-state index contributed by atoms with van der Waals surface area (Å²) < 4.78 is 10.5. The Hall–Kier alpha value is -1.92. The predicted octanol–water partition coefficient (Wildman–Crippen LogP) is 1.84. The molecule has 1 aromatic heterocycles. The molecule has 0 amide bonds. The monoisotopic (exact) mass is 276 g/mol. The fourth-order valence-corrected chi connectivity index (χ4v) is 1.72. The summed E-state index contributed by atoms with van der Waals surface area (Å²) >= 11 is 0. The molecule has 0 bridgehead atoms. The molecule has 0 aliphatic carbocycles. The van der Waals surface area contributed by atoms with E-state index in [1.807, 2.05) is 50.2 Å². The van der Waals surface area contributed by atoms with Gasteiger partial charge in [0.05, 0.1) is 12.6 Å². The molecule has 6 heteroatoms. The normalized spacial score (nSPS) is 12.4. The maximum atomic E-state index is 5.92. The van der Waals surface area contributed by atoms with Gasteiger partial charge in [-0.15, -0.1) is 0 Å². The lowest BCUT2D eigenvalue weighted by atomic mass is 10.2. The zero-order valence-corrected chi connectivity index (χ0v) is 12.0. The second-order valence-electron chi connectivity index (χ2n) is 4.66. The Morgan fingerprint density at radius 1 is 1.30 bits per heavy atom. The number of anilines is 1. The largest absolute Gasteiger partial charge is 0.380 e. The summed E-state index contributed by atoms with van der Waals surface area (Å²) in [7, 11) is 3.99. The van der Waals surface area contributed by atoms with Crippen molar-refractivity contribution in [3.05, 3.63) is 30.1 Å². The number of nitrogens with two attached hydrogens (primary N) is 1. The van der Waals surface area contributed by atoms with Gasteiger partial charge >= 0.3 is 0 Å². The standard InChI is InChI=1S/C14H20N4O2/c1-4-19-9-12(15)13-16-14(20-17-13)10-5-7-11(8-6-10)18(2)3/h5-8,12H,4,9,15H2,1-3H3. The third-order valence-electron chi connectivity index (χ3n) is 2.91. The SMILES string of the molecule is CCOCC(N)c1noc(-c2ccc(N(C)C)cc2)n1. The Bertz CT molecular complexity index is 536. The Morgan fingerprint density at radius 2 is 2.00 bits per heavy atom. The van der Waals surface area contributed by atoms with Crippen LogP contribution in [0.4, 0.5) is 5.69 Å². The molecule has 0 radical (unpaired) electrons. The second kappa shape index (κ2) is 6.49. The first-order valence-corrected chi connectivity index (χ1v) is 6.56. The summed E-state index contributed by atoms with van der Waals surface area (Å²) in [6, 6.07) is 7.52. The number of nitrogens with zero attached hydrogens (tertiary/aromatic N) is 3. The van der Waals surface area contributed by atoms with Gasteiger partial charge in [0.1, 0.15) is 0 Å². The van der Waals surface area contributed by atoms with Crippen LogP contribution < -0.4 is 10.6 Å². The van der Waals surface area contributed by atoms with Gasteiger partial charge in [-0.3, -0.25) is 0 Å². The van der Waals surface area contributed by atoms with Crippen molar-refractivity contribution in [2.75, 3.05) is 32.2 Å². The van der Waals surface area contributed by atoms with E-state index in [0.717, 1.165) is 11.3 Å². The molecule has 108 valence electrons. The van der Waals surface area contributed by atoms with Crippen molar-refractivity contribution in [1.29, 1.82) is 0 Å². The van der Waals surface area contributed by atoms with Crippen LogP contribution >= 0.6 is 0 Å². The molecule has 20 heavy (non-hydrogen) atoms. The van der Waals surface area contributed by atoms with Gasteiger partial charge in [0.2, 0.25) is 0 Å². The van der Waals surface area contributed by atoms with Crippen molar-refractivity contribution in [3.63, 3.8) is 0 Å². The van der Waals surface area contributed by atoms with Gasteiger partial charge in [0.25, 0.3) is 5.89 Å². The minimum atomic E-state index is -0.367. The van der Waals surface area contributed by atoms with Crippen LogP contribution in [0.2, 0.25) is 0 Å². The molecule has 2 rings (SSSR count). The van der Waals surface area contributed by atoms with E-state index in [-0.39, 0.29) is 6.04 Å². The Kier molecular flexibility index (Phi) is 4.70. The molecule has 0 aliphatic heterocycles. The number of ether oxygens (including phenoxy) is 1. The summed E-state index contributed by atoms with van der Waals surface area (Å²) in [5, 5.41) is 3.90. The average Bonchev–Trinajstić information content (AvgIpc) is 2.94. The lowest BCUT2D eigenvalue weighted by molar-refractivity contribution is 0.130. The van der Waals surface area contributed by atoms with Crippen LogP contribution in [0.25, 0.3) is 11.5 Å². The maximum Gasteiger partial charge on any atom is 0.257 e. The molecule has 0 spiro atoms. The Morgan fingerprint density at radius 3 is 2.60 bits per heavy atom. The predicted molar refractivity (Wildman–Crippen MR) is 77.5 cm³/mol. The zero-order chi connectivity index (χ0) is 14.5. The fraction of sp³-hybridized carbons (Fsp3) is 0.429.